The van der Waals surface area contributed by atoms with Crippen LogP contribution in [0.1, 0.15) is 6.42 Å². The number of allylic oxidation sites excluding steroid dienone is 4. The molecule has 0 atom stereocenters. The first kappa shape index (κ1) is 10.1. The molecule has 3 radical (unpaired) electrons. The van der Waals surface area contributed by atoms with Gasteiger partial charge in [0.05, 0.1) is 0 Å². The van der Waals surface area contributed by atoms with Gasteiger partial charge in [-0.05, 0) is 0 Å². The molecule has 7 heavy (non-hydrogen) atoms. The van der Waals surface area contributed by atoms with Crippen LogP contribution in [0.25, 0.3) is 0 Å². The molecule has 0 amide bonds. The van der Waals surface area contributed by atoms with E-state index in [9.17, 15) is 0 Å². The number of hydrogen-bond donors (Lipinski definition) is 0. The maximum Gasteiger partial charge on any atom is 0 e. The Labute approximate surface area is 56.7 Å². The molecule has 1 aliphatic rings. The van der Waals surface area contributed by atoms with E-state index in [1.165, 1.54) is 0 Å². The Bertz CT molecular complexity index is 66.1. The van der Waals surface area contributed by atoms with Gasteiger partial charge >= 0.3 is 0 Å². The van der Waals surface area contributed by atoms with Crippen molar-refractivity contribution in [3.8, 4) is 0 Å². The van der Waals surface area contributed by atoms with Crippen LogP contribution in [-0.2, 0) is 17.1 Å². The third-order valence-electron chi connectivity index (χ3n) is 0.586. The second-order valence-electron chi connectivity index (χ2n) is 1.00. The summed E-state index contributed by atoms with van der Waals surface area (Å²) in [6.07, 6.45) is 10.0. The molecule has 0 spiro atoms. The van der Waals surface area contributed by atoms with Gasteiger partial charge in [-0.15, -0.1) is 6.42 Å². The summed E-state index contributed by atoms with van der Waals surface area (Å²) >= 11 is 0. The van der Waals surface area contributed by atoms with Gasteiger partial charge in [-0.25, -0.2) is 12.2 Å². The molecular formula is C5H5BFe-. The monoisotopic (exact) mass is 132 g/mol. The minimum Gasteiger partial charge on any atom is -0.273 e. The normalized spacial score (nSPS) is 12.6. The van der Waals surface area contributed by atoms with E-state index in [2.05, 4.69) is 12.2 Å². The van der Waals surface area contributed by atoms with Gasteiger partial charge in [0.2, 0.25) is 0 Å². The zero-order valence-electron chi connectivity index (χ0n) is 3.87. The fourth-order valence-corrected chi connectivity index (χ4v) is 0.340. The number of rotatable bonds is 0. The summed E-state index contributed by atoms with van der Waals surface area (Å²) in [5, 5.41) is 0. The van der Waals surface area contributed by atoms with Crippen molar-refractivity contribution in [2.75, 3.05) is 0 Å². The van der Waals surface area contributed by atoms with Crippen LogP contribution in [0.2, 0.25) is 0 Å². The van der Waals surface area contributed by atoms with Gasteiger partial charge in [0.25, 0.3) is 0 Å². The van der Waals surface area contributed by atoms with Crippen LogP contribution < -0.4 is 0 Å². The Morgan fingerprint density at radius 3 is 2.29 bits per heavy atom. The Kier molecular flexibility index (Phi) is 8.78. The molecule has 0 aromatic heterocycles. The third kappa shape index (κ3) is 3.91. The van der Waals surface area contributed by atoms with Gasteiger partial charge in [-0.3, -0.25) is 6.08 Å². The molecular weight excluding hydrogens is 127 g/mol. The van der Waals surface area contributed by atoms with E-state index in [0.29, 0.717) is 0 Å². The van der Waals surface area contributed by atoms with Crippen LogP contribution in [0.4, 0.5) is 0 Å². The summed E-state index contributed by atoms with van der Waals surface area (Å²) in [6.45, 7) is 0. The average Bonchev–Trinajstić information content (AvgIpc) is 1.76. The van der Waals surface area contributed by atoms with E-state index in [1.54, 1.807) is 0 Å². The van der Waals surface area contributed by atoms with E-state index in [0.717, 1.165) is 6.42 Å². The summed E-state index contributed by atoms with van der Waals surface area (Å²) in [5.74, 6) is 0. The maximum absolute atomic E-state index is 2.99. The molecule has 2 heteroatoms. The average molecular weight is 132 g/mol. The van der Waals surface area contributed by atoms with Crippen molar-refractivity contribution in [2.45, 2.75) is 6.42 Å². The molecule has 0 nitrogen and oxygen atoms in total. The van der Waals surface area contributed by atoms with Gasteiger partial charge in [0, 0.05) is 25.5 Å². The molecule has 0 N–H and O–H groups in total. The fraction of sp³-hybridized carbons (Fsp3) is 0.200. The Morgan fingerprint density at radius 2 is 2.14 bits per heavy atom. The van der Waals surface area contributed by atoms with Crippen molar-refractivity contribution in [2.24, 2.45) is 0 Å². The smallest absolute Gasteiger partial charge is 0 e. The Balaban J connectivity index is 0. The van der Waals surface area contributed by atoms with Crippen LogP contribution in [0.15, 0.2) is 18.2 Å². The van der Waals surface area contributed by atoms with Gasteiger partial charge < -0.3 is 0 Å². The van der Waals surface area contributed by atoms with E-state index >= 15 is 0 Å². The fourth-order valence-electron chi connectivity index (χ4n) is 0.340. The van der Waals surface area contributed by atoms with Gasteiger partial charge in [-0.1, -0.05) is 0 Å². The number of hydrogen-bond acceptors (Lipinski definition) is 0. The van der Waals surface area contributed by atoms with E-state index in [4.69, 9.17) is 0 Å². The molecule has 37 valence electrons. The quantitative estimate of drug-likeness (QED) is 0.339. The van der Waals surface area contributed by atoms with Crippen molar-refractivity contribution < 1.29 is 17.1 Å². The first-order valence-corrected chi connectivity index (χ1v) is 1.72. The molecule has 1 rings (SSSR count). The molecule has 0 aliphatic heterocycles. The Hall–Kier alpha value is 0.0644. The van der Waals surface area contributed by atoms with Crippen LogP contribution >= 0.6 is 0 Å². The topological polar surface area (TPSA) is 0 Å². The third-order valence-corrected chi connectivity index (χ3v) is 0.586. The van der Waals surface area contributed by atoms with E-state index in [-0.39, 0.29) is 25.5 Å². The minimum atomic E-state index is 0. The van der Waals surface area contributed by atoms with Gasteiger partial charge in [0.1, 0.15) is 0 Å². The largest absolute Gasteiger partial charge is 0.273 e. The summed E-state index contributed by atoms with van der Waals surface area (Å²) in [6, 6.07) is 0. The van der Waals surface area contributed by atoms with Crippen molar-refractivity contribution in [1.29, 1.82) is 0 Å². The van der Waals surface area contributed by atoms with Crippen molar-refractivity contribution in [3.05, 3.63) is 24.3 Å². The molecule has 0 heterocycles. The van der Waals surface area contributed by atoms with Gasteiger partial charge in [0.15, 0.2) is 0 Å². The van der Waals surface area contributed by atoms with Crippen LogP contribution in [0, 0.1) is 6.08 Å². The molecule has 0 saturated carbocycles. The van der Waals surface area contributed by atoms with E-state index in [1.807, 2.05) is 12.2 Å². The molecule has 0 aromatic rings. The zero-order valence-corrected chi connectivity index (χ0v) is 4.97. The molecule has 0 aromatic carbocycles. The van der Waals surface area contributed by atoms with Crippen LogP contribution in [-0.4, -0.2) is 8.41 Å². The minimum absolute atomic E-state index is 0. The predicted molar refractivity (Wildman–Crippen MR) is 27.3 cm³/mol. The van der Waals surface area contributed by atoms with Crippen LogP contribution in [0.5, 0.6) is 0 Å². The molecule has 0 fully saturated rings. The van der Waals surface area contributed by atoms with Crippen molar-refractivity contribution in [3.63, 3.8) is 0 Å². The van der Waals surface area contributed by atoms with Crippen LogP contribution in [0.3, 0.4) is 0 Å². The second kappa shape index (κ2) is 6.06. The zero-order chi connectivity index (χ0) is 3.54. The summed E-state index contributed by atoms with van der Waals surface area (Å²) < 4.78 is 0. The van der Waals surface area contributed by atoms with Crippen molar-refractivity contribution >= 4 is 8.41 Å². The molecule has 1 aliphatic carbocycles. The molecule has 0 unspecified atom stereocenters. The SMILES string of the molecule is [B].[C-]1=CC=CC1.[Fe]. The summed E-state index contributed by atoms with van der Waals surface area (Å²) in [4.78, 5) is 0. The summed E-state index contributed by atoms with van der Waals surface area (Å²) in [7, 11) is 0. The molecule has 0 saturated heterocycles. The first-order valence-electron chi connectivity index (χ1n) is 1.72. The van der Waals surface area contributed by atoms with E-state index < -0.39 is 0 Å². The van der Waals surface area contributed by atoms with Crippen molar-refractivity contribution in [1.82, 2.24) is 0 Å². The maximum atomic E-state index is 2.99. The summed E-state index contributed by atoms with van der Waals surface area (Å²) in [5.41, 5.74) is 0. The predicted octanol–water partition coefficient (Wildman–Crippen LogP) is 0.922. The second-order valence-corrected chi connectivity index (χ2v) is 1.00. The Morgan fingerprint density at radius 1 is 1.43 bits per heavy atom. The molecule has 0 bridgehead atoms. The first-order chi connectivity index (χ1) is 2.50. The standard InChI is InChI=1S/C5H5.B.Fe/c1-2-4-5-3-1;;/h1-3H,4H2;;/q-1;;. The van der Waals surface area contributed by atoms with Gasteiger partial charge in [-0.2, -0.15) is 6.08 Å².